The molecule has 21 heavy (non-hydrogen) atoms. The third-order valence-corrected chi connectivity index (χ3v) is 5.34. The second-order valence-corrected chi connectivity index (χ2v) is 6.86. The van der Waals surface area contributed by atoms with E-state index in [0.29, 0.717) is 11.7 Å². The van der Waals surface area contributed by atoms with Crippen LogP contribution in [0.3, 0.4) is 0 Å². The van der Waals surface area contributed by atoms with Crippen molar-refractivity contribution < 1.29 is 4.79 Å². The Balaban J connectivity index is 0.00000106. The molecule has 1 heterocycles. The highest BCUT2D eigenvalue weighted by molar-refractivity contribution is 5.78. The Bertz CT molecular complexity index is 273. The molecule has 124 valence electrons. The number of piperidine rings is 1. The van der Waals surface area contributed by atoms with Gasteiger partial charge in [-0.25, -0.2) is 0 Å². The molecule has 0 atom stereocenters. The number of likely N-dealkylation sites (tertiary alicyclic amines) is 1. The van der Waals surface area contributed by atoms with Crippen molar-refractivity contribution >= 4 is 5.78 Å². The van der Waals surface area contributed by atoms with E-state index in [2.05, 4.69) is 11.8 Å². The van der Waals surface area contributed by atoms with E-state index >= 15 is 0 Å². The summed E-state index contributed by atoms with van der Waals surface area (Å²) in [6.07, 6.45) is 10.8. The van der Waals surface area contributed by atoms with Gasteiger partial charge in [0.1, 0.15) is 5.78 Å². The highest BCUT2D eigenvalue weighted by atomic mass is 16.1. The second-order valence-electron chi connectivity index (χ2n) is 6.86. The van der Waals surface area contributed by atoms with E-state index in [-0.39, 0.29) is 0 Å². The smallest absolute Gasteiger partial charge is 0.133 e. The topological polar surface area (TPSA) is 20.3 Å². The molecule has 2 heteroatoms. The summed E-state index contributed by atoms with van der Waals surface area (Å²) in [5, 5.41) is 0. The molecule has 1 aliphatic carbocycles. The van der Waals surface area contributed by atoms with Gasteiger partial charge in [-0.05, 0) is 57.5 Å². The minimum Gasteiger partial charge on any atom is -0.303 e. The van der Waals surface area contributed by atoms with Crippen LogP contribution in [0.25, 0.3) is 0 Å². The number of hydrogen-bond acceptors (Lipinski definition) is 2. The lowest BCUT2D eigenvalue weighted by Gasteiger charge is -2.36. The normalized spacial score (nSPS) is 27.8. The molecule has 2 fully saturated rings. The fourth-order valence-corrected chi connectivity index (χ4v) is 4.00. The minimum absolute atomic E-state index is 0.358. The molecule has 0 aromatic rings. The van der Waals surface area contributed by atoms with Crippen molar-refractivity contribution in [1.29, 1.82) is 0 Å². The van der Waals surface area contributed by atoms with Crippen LogP contribution in [0, 0.1) is 17.8 Å². The summed E-state index contributed by atoms with van der Waals surface area (Å²) >= 11 is 0. The molecule has 0 radical (unpaired) electrons. The summed E-state index contributed by atoms with van der Waals surface area (Å²) in [6, 6.07) is 0. The first-order valence-electron chi connectivity index (χ1n) is 9.41. The van der Waals surface area contributed by atoms with Gasteiger partial charge in [-0.15, -0.1) is 0 Å². The van der Waals surface area contributed by atoms with Crippen molar-refractivity contribution in [3.05, 3.63) is 0 Å². The second kappa shape index (κ2) is 10.4. The molecule has 0 spiro atoms. The molecule has 2 rings (SSSR count). The van der Waals surface area contributed by atoms with Crippen LogP contribution in [-0.4, -0.2) is 30.3 Å². The van der Waals surface area contributed by atoms with Gasteiger partial charge in [-0.2, -0.15) is 0 Å². The van der Waals surface area contributed by atoms with Gasteiger partial charge in [0.25, 0.3) is 0 Å². The van der Waals surface area contributed by atoms with Crippen molar-refractivity contribution in [3.63, 3.8) is 0 Å². The maximum Gasteiger partial charge on any atom is 0.133 e. The summed E-state index contributed by atoms with van der Waals surface area (Å²) in [4.78, 5) is 14.0. The van der Waals surface area contributed by atoms with Crippen molar-refractivity contribution in [2.75, 3.05) is 19.6 Å². The lowest BCUT2D eigenvalue weighted by molar-refractivity contribution is -0.122. The van der Waals surface area contributed by atoms with Crippen molar-refractivity contribution in [2.45, 2.75) is 79.1 Å². The predicted octanol–water partition coefficient (Wildman–Crippen LogP) is 4.92. The minimum atomic E-state index is 0.358. The average molecular weight is 296 g/mol. The molecule has 0 amide bonds. The maximum absolute atomic E-state index is 11.4. The SMILES string of the molecule is CC.CCCC1CCC(CN2CCC(C(C)=O)CC2)CC1. The van der Waals surface area contributed by atoms with Crippen molar-refractivity contribution in [2.24, 2.45) is 17.8 Å². The Morgan fingerprint density at radius 2 is 1.48 bits per heavy atom. The molecular weight excluding hydrogens is 258 g/mol. The Morgan fingerprint density at radius 3 is 1.95 bits per heavy atom. The molecule has 0 aromatic carbocycles. The van der Waals surface area contributed by atoms with Crippen LogP contribution in [-0.2, 0) is 4.79 Å². The van der Waals surface area contributed by atoms with Crippen LogP contribution in [0.5, 0.6) is 0 Å². The Labute approximate surface area is 132 Å². The zero-order chi connectivity index (χ0) is 15.7. The van der Waals surface area contributed by atoms with E-state index in [1.807, 2.05) is 13.8 Å². The third-order valence-electron chi connectivity index (χ3n) is 5.34. The van der Waals surface area contributed by atoms with E-state index in [1.165, 1.54) is 45.1 Å². The third kappa shape index (κ3) is 6.50. The molecular formula is C19H37NO. The van der Waals surface area contributed by atoms with Crippen LogP contribution < -0.4 is 0 Å². The molecule has 2 nitrogen and oxygen atoms in total. The van der Waals surface area contributed by atoms with Gasteiger partial charge in [0, 0.05) is 12.5 Å². The fourth-order valence-electron chi connectivity index (χ4n) is 4.00. The lowest BCUT2D eigenvalue weighted by atomic mass is 9.79. The highest BCUT2D eigenvalue weighted by Gasteiger charge is 2.26. The quantitative estimate of drug-likeness (QED) is 0.717. The Hall–Kier alpha value is -0.370. The molecule has 1 saturated carbocycles. The highest BCUT2D eigenvalue weighted by Crippen LogP contribution is 2.32. The van der Waals surface area contributed by atoms with E-state index in [1.54, 1.807) is 6.92 Å². The number of ketones is 1. The van der Waals surface area contributed by atoms with Gasteiger partial charge in [0.2, 0.25) is 0 Å². The molecule has 0 bridgehead atoms. The molecule has 0 aromatic heterocycles. The summed E-state index contributed by atoms with van der Waals surface area (Å²) in [6.45, 7) is 11.7. The van der Waals surface area contributed by atoms with Crippen molar-refractivity contribution in [3.8, 4) is 0 Å². The summed E-state index contributed by atoms with van der Waals surface area (Å²) < 4.78 is 0. The van der Waals surface area contributed by atoms with Gasteiger partial charge in [-0.1, -0.05) is 46.5 Å². The standard InChI is InChI=1S/C17H31NO.C2H6/c1-3-4-15-5-7-16(8-6-15)13-18-11-9-17(10-12-18)14(2)19;1-2/h15-17H,3-13H2,1-2H3;1-2H3. The maximum atomic E-state index is 11.4. The number of hydrogen-bond donors (Lipinski definition) is 0. The van der Waals surface area contributed by atoms with E-state index < -0.39 is 0 Å². The van der Waals surface area contributed by atoms with Crippen LogP contribution in [0.4, 0.5) is 0 Å². The average Bonchev–Trinajstić information content (AvgIpc) is 2.52. The molecule has 0 N–H and O–H groups in total. The van der Waals surface area contributed by atoms with E-state index in [0.717, 1.165) is 37.8 Å². The first-order valence-corrected chi connectivity index (χ1v) is 9.41. The number of carbonyl (C=O) groups excluding carboxylic acids is 1. The van der Waals surface area contributed by atoms with Gasteiger partial charge >= 0.3 is 0 Å². The van der Waals surface area contributed by atoms with Crippen LogP contribution >= 0.6 is 0 Å². The number of rotatable bonds is 5. The van der Waals surface area contributed by atoms with Gasteiger partial charge < -0.3 is 4.90 Å². The summed E-state index contributed by atoms with van der Waals surface area (Å²) in [5.41, 5.74) is 0. The molecule has 0 unspecified atom stereocenters. The van der Waals surface area contributed by atoms with Crippen LogP contribution in [0.1, 0.15) is 79.1 Å². The first-order chi connectivity index (χ1) is 10.2. The number of Topliss-reactive ketones (excluding diaryl/α,β-unsaturated/α-hetero) is 1. The van der Waals surface area contributed by atoms with Gasteiger partial charge in [-0.3, -0.25) is 4.79 Å². The van der Waals surface area contributed by atoms with Crippen LogP contribution in [0.15, 0.2) is 0 Å². The van der Waals surface area contributed by atoms with E-state index in [9.17, 15) is 4.79 Å². The largest absolute Gasteiger partial charge is 0.303 e. The number of nitrogens with zero attached hydrogens (tertiary/aromatic N) is 1. The predicted molar refractivity (Wildman–Crippen MR) is 91.5 cm³/mol. The number of carbonyl (C=O) groups is 1. The monoisotopic (exact) mass is 295 g/mol. The van der Waals surface area contributed by atoms with Crippen LogP contribution in [0.2, 0.25) is 0 Å². The zero-order valence-corrected chi connectivity index (χ0v) is 14.9. The van der Waals surface area contributed by atoms with Crippen molar-refractivity contribution in [1.82, 2.24) is 4.90 Å². The first kappa shape index (κ1) is 18.7. The molecule has 2 aliphatic rings. The van der Waals surface area contributed by atoms with Gasteiger partial charge in [0.15, 0.2) is 0 Å². The molecule has 1 saturated heterocycles. The lowest BCUT2D eigenvalue weighted by Crippen LogP contribution is -2.39. The van der Waals surface area contributed by atoms with Gasteiger partial charge in [0.05, 0.1) is 0 Å². The van der Waals surface area contributed by atoms with E-state index in [4.69, 9.17) is 0 Å². The summed E-state index contributed by atoms with van der Waals surface area (Å²) in [5.74, 6) is 2.71. The Morgan fingerprint density at radius 1 is 0.952 bits per heavy atom. The summed E-state index contributed by atoms with van der Waals surface area (Å²) in [7, 11) is 0. The zero-order valence-electron chi connectivity index (χ0n) is 14.9. The fraction of sp³-hybridized carbons (Fsp3) is 0.947. The molecule has 1 aliphatic heterocycles. The Kier molecular flexibility index (Phi) is 9.23.